The van der Waals surface area contributed by atoms with Crippen LogP contribution in [0.25, 0.3) is 0 Å². The number of ether oxygens (including phenoxy) is 1. The average molecular weight is 230 g/mol. The number of carbonyl (C=O) groups excluding carboxylic acids is 1. The Morgan fingerprint density at radius 1 is 1.06 bits per heavy atom. The molecule has 0 aromatic carbocycles. The lowest BCUT2D eigenvalue weighted by Gasteiger charge is -2.06. The number of rotatable bonds is 11. The maximum Gasteiger partial charge on any atom is 0.233 e. The smallest absolute Gasteiger partial charge is 0.233 e. The van der Waals surface area contributed by atoms with Crippen LogP contribution in [0.1, 0.15) is 39.5 Å². The molecule has 0 aliphatic carbocycles. The monoisotopic (exact) mass is 230 g/mol. The van der Waals surface area contributed by atoms with E-state index in [1.165, 1.54) is 6.42 Å². The number of hydrogen-bond donors (Lipinski definition) is 2. The average Bonchev–Trinajstić information content (AvgIpc) is 2.30. The van der Waals surface area contributed by atoms with E-state index in [-0.39, 0.29) is 5.91 Å². The Morgan fingerprint density at radius 2 is 1.81 bits per heavy atom. The van der Waals surface area contributed by atoms with Gasteiger partial charge >= 0.3 is 0 Å². The fraction of sp³-hybridized carbons (Fsp3) is 0.917. The highest BCUT2D eigenvalue weighted by molar-refractivity contribution is 5.77. The van der Waals surface area contributed by atoms with Crippen molar-refractivity contribution in [3.05, 3.63) is 0 Å². The van der Waals surface area contributed by atoms with Crippen molar-refractivity contribution in [2.75, 3.05) is 32.8 Å². The van der Waals surface area contributed by atoms with Gasteiger partial charge < -0.3 is 15.4 Å². The normalized spacial score (nSPS) is 10.4. The molecule has 0 aliphatic heterocycles. The van der Waals surface area contributed by atoms with Gasteiger partial charge in [-0.2, -0.15) is 0 Å². The second kappa shape index (κ2) is 12.5. The lowest BCUT2D eigenvalue weighted by molar-refractivity contribution is -0.120. The molecule has 0 spiro atoms. The van der Waals surface area contributed by atoms with Crippen LogP contribution in [0.5, 0.6) is 0 Å². The fourth-order valence-electron chi connectivity index (χ4n) is 1.18. The Morgan fingerprint density at radius 3 is 2.50 bits per heavy atom. The highest BCUT2D eigenvalue weighted by atomic mass is 16.5. The Labute approximate surface area is 99.1 Å². The second-order valence-electron chi connectivity index (χ2n) is 3.85. The molecule has 1 amide bonds. The molecule has 0 aromatic rings. The minimum atomic E-state index is 0.0775. The first-order chi connectivity index (χ1) is 7.81. The van der Waals surface area contributed by atoms with Crippen molar-refractivity contribution in [2.45, 2.75) is 39.5 Å². The van der Waals surface area contributed by atoms with Gasteiger partial charge in [-0.05, 0) is 25.8 Å². The molecule has 96 valence electrons. The van der Waals surface area contributed by atoms with Crippen LogP contribution >= 0.6 is 0 Å². The van der Waals surface area contributed by atoms with Crippen LogP contribution in [0.3, 0.4) is 0 Å². The molecule has 0 fully saturated rings. The van der Waals surface area contributed by atoms with Gasteiger partial charge in [0.1, 0.15) is 0 Å². The Hall–Kier alpha value is -0.610. The minimum absolute atomic E-state index is 0.0775. The SMILES string of the molecule is CCCCOCCCNCC(=O)NCCC. The minimum Gasteiger partial charge on any atom is -0.381 e. The number of nitrogens with one attached hydrogen (secondary N) is 2. The molecule has 0 unspecified atom stereocenters. The van der Waals surface area contributed by atoms with Gasteiger partial charge in [0.25, 0.3) is 0 Å². The summed E-state index contributed by atoms with van der Waals surface area (Å²) in [7, 11) is 0. The molecular formula is C12H26N2O2. The van der Waals surface area contributed by atoms with E-state index < -0.39 is 0 Å². The van der Waals surface area contributed by atoms with Crippen LogP contribution in [-0.2, 0) is 9.53 Å². The van der Waals surface area contributed by atoms with Crippen LogP contribution in [0.4, 0.5) is 0 Å². The van der Waals surface area contributed by atoms with Crippen LogP contribution < -0.4 is 10.6 Å². The van der Waals surface area contributed by atoms with Gasteiger partial charge in [0.15, 0.2) is 0 Å². The Bertz CT molecular complexity index is 163. The third-order valence-electron chi connectivity index (χ3n) is 2.14. The van der Waals surface area contributed by atoms with Gasteiger partial charge in [-0.25, -0.2) is 0 Å². The summed E-state index contributed by atoms with van der Waals surface area (Å²) in [4.78, 5) is 11.2. The number of hydrogen-bond acceptors (Lipinski definition) is 3. The summed E-state index contributed by atoms with van der Waals surface area (Å²) >= 11 is 0. The van der Waals surface area contributed by atoms with E-state index in [0.717, 1.165) is 45.6 Å². The van der Waals surface area contributed by atoms with Gasteiger partial charge in [0.05, 0.1) is 6.54 Å². The van der Waals surface area contributed by atoms with Crippen molar-refractivity contribution < 1.29 is 9.53 Å². The summed E-state index contributed by atoms with van der Waals surface area (Å²) in [5, 5.41) is 5.91. The summed E-state index contributed by atoms with van der Waals surface area (Å²) in [5.41, 5.74) is 0. The third kappa shape index (κ3) is 11.5. The van der Waals surface area contributed by atoms with Crippen LogP contribution in [0, 0.1) is 0 Å². The van der Waals surface area contributed by atoms with E-state index in [2.05, 4.69) is 17.6 Å². The fourth-order valence-corrected chi connectivity index (χ4v) is 1.18. The maximum atomic E-state index is 11.2. The molecule has 0 aliphatic rings. The highest BCUT2D eigenvalue weighted by Crippen LogP contribution is 1.88. The largest absolute Gasteiger partial charge is 0.381 e. The molecule has 4 heteroatoms. The van der Waals surface area contributed by atoms with E-state index in [0.29, 0.717) is 6.54 Å². The molecule has 0 radical (unpaired) electrons. The molecule has 0 heterocycles. The van der Waals surface area contributed by atoms with E-state index >= 15 is 0 Å². The van der Waals surface area contributed by atoms with Crippen molar-refractivity contribution >= 4 is 5.91 Å². The first kappa shape index (κ1) is 15.4. The number of amides is 1. The molecule has 0 saturated heterocycles. The molecule has 0 rings (SSSR count). The first-order valence-electron chi connectivity index (χ1n) is 6.36. The van der Waals surface area contributed by atoms with Crippen molar-refractivity contribution in [2.24, 2.45) is 0 Å². The lowest BCUT2D eigenvalue weighted by atomic mass is 10.3. The molecule has 0 saturated carbocycles. The topological polar surface area (TPSA) is 50.4 Å². The maximum absolute atomic E-state index is 11.2. The van der Waals surface area contributed by atoms with Crippen LogP contribution in [0.2, 0.25) is 0 Å². The zero-order valence-corrected chi connectivity index (χ0v) is 10.7. The summed E-state index contributed by atoms with van der Waals surface area (Å²) < 4.78 is 5.41. The van der Waals surface area contributed by atoms with Gasteiger partial charge in [0, 0.05) is 19.8 Å². The number of unbranched alkanes of at least 4 members (excludes halogenated alkanes) is 1. The van der Waals surface area contributed by atoms with Crippen LogP contribution in [0.15, 0.2) is 0 Å². The summed E-state index contributed by atoms with van der Waals surface area (Å²) in [6.07, 6.45) is 4.25. The molecule has 0 atom stereocenters. The zero-order chi connectivity index (χ0) is 12.1. The molecule has 0 bridgehead atoms. The molecule has 16 heavy (non-hydrogen) atoms. The van der Waals surface area contributed by atoms with Crippen molar-refractivity contribution in [1.29, 1.82) is 0 Å². The van der Waals surface area contributed by atoms with Gasteiger partial charge in [-0.1, -0.05) is 20.3 Å². The zero-order valence-electron chi connectivity index (χ0n) is 10.7. The van der Waals surface area contributed by atoms with E-state index in [1.807, 2.05) is 6.92 Å². The van der Waals surface area contributed by atoms with Crippen molar-refractivity contribution in [1.82, 2.24) is 10.6 Å². The van der Waals surface area contributed by atoms with Gasteiger partial charge in [0.2, 0.25) is 5.91 Å². The van der Waals surface area contributed by atoms with E-state index in [1.54, 1.807) is 0 Å². The predicted octanol–water partition coefficient (Wildman–Crippen LogP) is 1.31. The standard InChI is InChI=1S/C12H26N2O2/c1-3-5-9-16-10-6-8-13-11-12(15)14-7-4-2/h13H,3-11H2,1-2H3,(H,14,15). The summed E-state index contributed by atoms with van der Waals surface area (Å²) in [6, 6.07) is 0. The Balaban J connectivity index is 3.05. The molecule has 4 nitrogen and oxygen atoms in total. The third-order valence-corrected chi connectivity index (χ3v) is 2.14. The molecule has 0 aromatic heterocycles. The summed E-state index contributed by atoms with van der Waals surface area (Å²) in [5.74, 6) is 0.0775. The van der Waals surface area contributed by atoms with Crippen molar-refractivity contribution in [3.8, 4) is 0 Å². The summed E-state index contributed by atoms with van der Waals surface area (Å²) in [6.45, 7) is 7.85. The molecular weight excluding hydrogens is 204 g/mol. The number of carbonyl (C=O) groups is 1. The van der Waals surface area contributed by atoms with Gasteiger partial charge in [-0.15, -0.1) is 0 Å². The van der Waals surface area contributed by atoms with Crippen LogP contribution in [-0.4, -0.2) is 38.8 Å². The lowest BCUT2D eigenvalue weighted by Crippen LogP contribution is -2.34. The highest BCUT2D eigenvalue weighted by Gasteiger charge is 1.97. The Kier molecular flexibility index (Phi) is 12.0. The van der Waals surface area contributed by atoms with Gasteiger partial charge in [-0.3, -0.25) is 4.79 Å². The first-order valence-corrected chi connectivity index (χ1v) is 6.36. The van der Waals surface area contributed by atoms with E-state index in [4.69, 9.17) is 4.74 Å². The quantitative estimate of drug-likeness (QED) is 0.526. The predicted molar refractivity (Wildman–Crippen MR) is 66.5 cm³/mol. The second-order valence-corrected chi connectivity index (χ2v) is 3.85. The molecule has 2 N–H and O–H groups in total. The van der Waals surface area contributed by atoms with E-state index in [9.17, 15) is 4.79 Å². The van der Waals surface area contributed by atoms with Crippen molar-refractivity contribution in [3.63, 3.8) is 0 Å².